The first-order valence-electron chi connectivity index (χ1n) is 10.7. The molecule has 0 spiro atoms. The van der Waals surface area contributed by atoms with E-state index in [9.17, 15) is 24.0 Å². The molecule has 0 aliphatic carbocycles. The van der Waals surface area contributed by atoms with Crippen LogP contribution < -0.4 is 11.1 Å². The van der Waals surface area contributed by atoms with Gasteiger partial charge in [-0.05, 0) is 37.1 Å². The zero-order valence-corrected chi connectivity index (χ0v) is 18.9. The van der Waals surface area contributed by atoms with Crippen molar-refractivity contribution in [2.24, 2.45) is 5.92 Å². The number of benzene rings is 1. The highest BCUT2D eigenvalue weighted by Crippen LogP contribution is 2.30. The molecule has 2 atom stereocenters. The minimum atomic E-state index is -1.03. The average molecular weight is 463 g/mol. The van der Waals surface area contributed by atoms with Gasteiger partial charge in [0.05, 0.1) is 24.3 Å². The van der Waals surface area contributed by atoms with Crippen molar-refractivity contribution < 1.29 is 34.2 Å². The number of imide groups is 2. The van der Waals surface area contributed by atoms with Crippen molar-refractivity contribution in [2.45, 2.75) is 45.7 Å². The monoisotopic (exact) mass is 462 g/mol. The molecule has 0 saturated carbocycles. The number of amides is 4. The van der Waals surface area contributed by atoms with Crippen molar-refractivity contribution in [2.75, 3.05) is 25.4 Å². The Bertz CT molecular complexity index is 947. The smallest absolute Gasteiger partial charge is 0.320 e. The first-order chi connectivity index (χ1) is 15.5. The van der Waals surface area contributed by atoms with E-state index >= 15 is 0 Å². The number of aliphatic carboxylic acids is 1. The molecule has 11 nitrogen and oxygen atoms in total. The lowest BCUT2D eigenvalue weighted by Gasteiger charge is -2.34. The van der Waals surface area contributed by atoms with E-state index in [4.69, 9.17) is 15.9 Å². The fraction of sp³-hybridized carbons (Fsp3) is 0.500. The number of nitrogens with one attached hydrogen (secondary N) is 1. The number of nitrogen functional groups attached to an aromatic ring is 1. The van der Waals surface area contributed by atoms with E-state index in [2.05, 4.69) is 5.32 Å². The number of carbonyl (C=O) groups is 5. The molecule has 2 aliphatic heterocycles. The number of anilines is 1. The third kappa shape index (κ3) is 5.55. The molecule has 3 rings (SSSR count). The molecule has 0 bridgehead atoms. The van der Waals surface area contributed by atoms with Gasteiger partial charge in [-0.25, -0.2) is 0 Å². The predicted octanol–water partition coefficient (Wildman–Crippen LogP) is 0.0798. The van der Waals surface area contributed by atoms with Crippen molar-refractivity contribution in [1.82, 2.24) is 15.1 Å². The van der Waals surface area contributed by atoms with Crippen LogP contribution in [0, 0.1) is 5.92 Å². The molecular weight excluding hydrogens is 432 g/mol. The lowest BCUT2D eigenvalue weighted by atomic mass is 10.0. The van der Waals surface area contributed by atoms with E-state index in [1.807, 2.05) is 20.8 Å². The highest BCUT2D eigenvalue weighted by Gasteiger charge is 2.46. The maximum Gasteiger partial charge on any atom is 0.320 e. The zero-order chi connectivity index (χ0) is 24.9. The second-order valence-electron chi connectivity index (χ2n) is 8.06. The Morgan fingerprint density at radius 1 is 1.18 bits per heavy atom. The molecule has 0 radical (unpaired) electrons. The first-order valence-corrected chi connectivity index (χ1v) is 10.7. The Labute approximate surface area is 191 Å². The number of likely N-dealkylation sites (tertiary alicyclic amines) is 1. The van der Waals surface area contributed by atoms with Crippen LogP contribution in [-0.2, 0) is 14.4 Å². The maximum absolute atomic E-state index is 12.5. The minimum absolute atomic E-state index is 0.0337. The second-order valence-corrected chi connectivity index (χ2v) is 8.06. The van der Waals surface area contributed by atoms with Gasteiger partial charge in [-0.2, -0.15) is 0 Å². The van der Waals surface area contributed by atoms with Crippen LogP contribution in [0.15, 0.2) is 18.2 Å². The maximum atomic E-state index is 12.5. The summed E-state index contributed by atoms with van der Waals surface area (Å²) in [5.74, 6) is -2.83. The topological polar surface area (TPSA) is 170 Å². The van der Waals surface area contributed by atoms with Gasteiger partial charge < -0.3 is 21.3 Å². The number of fused-ring (bicyclic) bond motifs is 1. The number of carboxylic acids is 1. The van der Waals surface area contributed by atoms with Gasteiger partial charge in [-0.15, -0.1) is 0 Å². The van der Waals surface area contributed by atoms with Gasteiger partial charge in [0.15, 0.2) is 0 Å². The third-order valence-corrected chi connectivity index (χ3v) is 5.42. The highest BCUT2D eigenvalue weighted by molar-refractivity contribution is 6.23. The summed E-state index contributed by atoms with van der Waals surface area (Å²) in [4.78, 5) is 61.4. The average Bonchev–Trinajstić information content (AvgIpc) is 2.99. The number of rotatable bonds is 7. The molecule has 0 aromatic heterocycles. The summed E-state index contributed by atoms with van der Waals surface area (Å²) >= 11 is 0. The van der Waals surface area contributed by atoms with Crippen LogP contribution in [0.5, 0.6) is 0 Å². The molecule has 4 amide bonds. The lowest BCUT2D eigenvalue weighted by molar-refractivity contribution is -0.152. The Hall–Kier alpha value is -3.31. The van der Waals surface area contributed by atoms with Gasteiger partial charge in [0.1, 0.15) is 12.1 Å². The van der Waals surface area contributed by atoms with Gasteiger partial charge in [0.2, 0.25) is 5.91 Å². The molecule has 2 aliphatic rings. The van der Waals surface area contributed by atoms with Gasteiger partial charge in [-0.1, -0.05) is 20.8 Å². The molecule has 1 aromatic rings. The summed E-state index contributed by atoms with van der Waals surface area (Å²) in [5.41, 5.74) is 6.34. The van der Waals surface area contributed by atoms with Crippen LogP contribution in [0.3, 0.4) is 0 Å². The Morgan fingerprint density at radius 2 is 1.82 bits per heavy atom. The van der Waals surface area contributed by atoms with Crippen LogP contribution in [0.2, 0.25) is 0 Å². The van der Waals surface area contributed by atoms with Gasteiger partial charge in [-0.3, -0.25) is 33.8 Å². The Morgan fingerprint density at radius 3 is 2.33 bits per heavy atom. The molecule has 1 aromatic carbocycles. The second kappa shape index (κ2) is 11.0. The molecule has 1 saturated heterocycles. The molecule has 5 N–H and O–H groups in total. The number of nitrogens with two attached hydrogens (primary N) is 1. The summed E-state index contributed by atoms with van der Waals surface area (Å²) < 4.78 is 0. The Balaban J connectivity index is 0.000000328. The summed E-state index contributed by atoms with van der Waals surface area (Å²) in [6.07, 6.45) is 0.118. The van der Waals surface area contributed by atoms with Crippen LogP contribution in [0.4, 0.5) is 5.69 Å². The standard InChI is InChI=1S/C15H15N3O5.C7H15NO2/c16-8-1-2-9-10(7-8)14(22)18(13(9)21)11-3-4-12(20)17(5-6-19)15(11)23;1-4-8-6(5(2)3)7(9)10/h1-2,7,11,19H,3-6,16H2;5-6,8H,4H2,1-3H3,(H,9,10)/t;6-/m.0/s1. The number of likely N-dealkylation sites (N-methyl/N-ethyl adjacent to an activating group) is 1. The van der Waals surface area contributed by atoms with Crippen LogP contribution in [0.1, 0.15) is 54.3 Å². The van der Waals surface area contributed by atoms with Gasteiger partial charge >= 0.3 is 5.97 Å². The van der Waals surface area contributed by atoms with E-state index in [-0.39, 0.29) is 43.0 Å². The van der Waals surface area contributed by atoms with E-state index in [1.54, 1.807) is 0 Å². The number of β-amino-alcohol motifs (C(OH)–C–C–N with tert-alkyl or cyclic N) is 1. The van der Waals surface area contributed by atoms with Crippen molar-refractivity contribution in [3.05, 3.63) is 29.3 Å². The lowest BCUT2D eigenvalue weighted by Crippen LogP contribution is -2.56. The first kappa shape index (κ1) is 25.9. The van der Waals surface area contributed by atoms with Gasteiger partial charge in [0.25, 0.3) is 17.7 Å². The largest absolute Gasteiger partial charge is 0.480 e. The summed E-state index contributed by atoms with van der Waals surface area (Å²) in [6.45, 7) is 5.86. The number of piperidine rings is 1. The number of hydrogen-bond acceptors (Lipinski definition) is 8. The number of aliphatic hydroxyl groups is 1. The highest BCUT2D eigenvalue weighted by atomic mass is 16.4. The molecule has 180 valence electrons. The van der Waals surface area contributed by atoms with E-state index < -0.39 is 41.7 Å². The molecule has 2 heterocycles. The van der Waals surface area contributed by atoms with E-state index in [0.717, 1.165) is 9.80 Å². The molecule has 1 unspecified atom stereocenters. The Kier molecular flexibility index (Phi) is 8.66. The van der Waals surface area contributed by atoms with Crippen molar-refractivity contribution >= 4 is 35.3 Å². The number of nitrogens with zero attached hydrogens (tertiary/aromatic N) is 2. The van der Waals surface area contributed by atoms with Crippen molar-refractivity contribution in [3.63, 3.8) is 0 Å². The number of aliphatic hydroxyl groups excluding tert-OH is 1. The number of carboxylic acid groups (broad SMARTS) is 1. The van der Waals surface area contributed by atoms with Crippen LogP contribution >= 0.6 is 0 Å². The normalized spacial score (nSPS) is 18.9. The fourth-order valence-electron chi connectivity index (χ4n) is 3.78. The predicted molar refractivity (Wildman–Crippen MR) is 118 cm³/mol. The third-order valence-electron chi connectivity index (χ3n) is 5.42. The summed E-state index contributed by atoms with van der Waals surface area (Å²) in [6, 6.07) is 2.93. The molecule has 11 heteroatoms. The zero-order valence-electron chi connectivity index (χ0n) is 18.9. The quantitative estimate of drug-likeness (QED) is 0.323. The minimum Gasteiger partial charge on any atom is -0.480 e. The van der Waals surface area contributed by atoms with Crippen LogP contribution in [-0.4, -0.2) is 81.4 Å². The summed E-state index contributed by atoms with van der Waals surface area (Å²) in [7, 11) is 0. The number of carbonyl (C=O) groups excluding carboxylic acids is 4. The fourth-order valence-corrected chi connectivity index (χ4v) is 3.78. The summed E-state index contributed by atoms with van der Waals surface area (Å²) in [5, 5.41) is 20.5. The van der Waals surface area contributed by atoms with Crippen molar-refractivity contribution in [1.29, 1.82) is 0 Å². The number of hydrogen-bond donors (Lipinski definition) is 4. The molecule has 1 fully saturated rings. The van der Waals surface area contributed by atoms with Gasteiger partial charge in [0, 0.05) is 12.1 Å². The van der Waals surface area contributed by atoms with E-state index in [1.165, 1.54) is 18.2 Å². The van der Waals surface area contributed by atoms with Crippen LogP contribution in [0.25, 0.3) is 0 Å². The molecule has 33 heavy (non-hydrogen) atoms. The molecular formula is C22H30N4O7. The van der Waals surface area contributed by atoms with Crippen molar-refractivity contribution in [3.8, 4) is 0 Å². The van der Waals surface area contributed by atoms with E-state index in [0.29, 0.717) is 12.2 Å². The SMILES string of the molecule is CCN[C@H](C(=O)O)C(C)C.Nc1ccc2c(c1)C(=O)N(C1CCC(=O)N(CCO)C1=O)C2=O.